The zero-order chi connectivity index (χ0) is 18.5. The molecule has 0 bridgehead atoms. The van der Waals surface area contributed by atoms with Crippen LogP contribution in [0.5, 0.6) is 0 Å². The van der Waals surface area contributed by atoms with E-state index in [-0.39, 0.29) is 5.91 Å². The van der Waals surface area contributed by atoms with Gasteiger partial charge in [-0.3, -0.25) is 9.78 Å². The van der Waals surface area contributed by atoms with E-state index >= 15 is 0 Å². The van der Waals surface area contributed by atoms with Crippen LogP contribution in [0.1, 0.15) is 40.4 Å². The third-order valence-electron chi connectivity index (χ3n) is 5.00. The van der Waals surface area contributed by atoms with E-state index in [0.717, 1.165) is 74.9 Å². The minimum absolute atomic E-state index is 0.134. The predicted molar refractivity (Wildman–Crippen MR) is 102 cm³/mol. The Kier molecular flexibility index (Phi) is 6.04. The molecule has 1 amide bonds. The predicted octanol–water partition coefficient (Wildman–Crippen LogP) is 2.44. The van der Waals surface area contributed by atoms with E-state index in [1.165, 1.54) is 0 Å². The minimum Gasteiger partial charge on any atom is -0.337 e. The highest BCUT2D eigenvalue weighted by molar-refractivity contribution is 5.94. The number of carbonyl (C=O) groups excluding carboxylic acids is 1. The number of hydrogen-bond acceptors (Lipinski definition) is 4. The molecule has 6 heteroatoms. The Morgan fingerprint density at radius 1 is 1.04 bits per heavy atom. The van der Waals surface area contributed by atoms with Crippen molar-refractivity contribution < 1.29 is 4.79 Å². The molecule has 1 aliphatic heterocycles. The highest BCUT2D eigenvalue weighted by Gasteiger charge is 2.20. The Hall–Kier alpha value is -2.21. The molecule has 0 saturated carbocycles. The number of aryl methyl sites for hydroxylation is 4. The Balaban J connectivity index is 1.51. The van der Waals surface area contributed by atoms with Crippen molar-refractivity contribution in [3.05, 3.63) is 47.3 Å². The number of carbonyl (C=O) groups is 1. The van der Waals surface area contributed by atoms with Crippen LogP contribution < -0.4 is 0 Å². The first-order valence-electron chi connectivity index (χ1n) is 9.47. The second kappa shape index (κ2) is 8.45. The maximum atomic E-state index is 12.8. The fraction of sp³-hybridized carbons (Fsp3) is 0.550. The molecule has 3 heterocycles. The smallest absolute Gasteiger partial charge is 0.254 e. The molecule has 3 rings (SSSR count). The van der Waals surface area contributed by atoms with Crippen LogP contribution in [0.4, 0.5) is 0 Å². The Morgan fingerprint density at radius 3 is 2.50 bits per heavy atom. The maximum Gasteiger partial charge on any atom is 0.254 e. The van der Waals surface area contributed by atoms with Crippen LogP contribution in [-0.4, -0.2) is 63.0 Å². The van der Waals surface area contributed by atoms with Gasteiger partial charge >= 0.3 is 0 Å². The number of imidazole rings is 1. The molecule has 26 heavy (non-hydrogen) atoms. The summed E-state index contributed by atoms with van der Waals surface area (Å²) >= 11 is 0. The molecular weight excluding hydrogens is 326 g/mol. The largest absolute Gasteiger partial charge is 0.337 e. The van der Waals surface area contributed by atoms with Gasteiger partial charge in [0, 0.05) is 55.5 Å². The SMILES string of the molecule is Cc1cc(C(=O)N2CCCN(CCCn3ccnc3C)CC2)cc(C)n1. The van der Waals surface area contributed by atoms with Gasteiger partial charge in [0.25, 0.3) is 5.91 Å². The molecule has 0 unspecified atom stereocenters. The summed E-state index contributed by atoms with van der Waals surface area (Å²) in [7, 11) is 0. The Labute approximate surface area is 155 Å². The number of aromatic nitrogens is 3. The van der Waals surface area contributed by atoms with Crippen LogP contribution in [0.3, 0.4) is 0 Å². The molecule has 1 aliphatic rings. The van der Waals surface area contributed by atoms with Crippen LogP contribution in [0.2, 0.25) is 0 Å². The van der Waals surface area contributed by atoms with E-state index in [4.69, 9.17) is 0 Å². The van der Waals surface area contributed by atoms with Gasteiger partial charge in [-0.15, -0.1) is 0 Å². The molecule has 140 valence electrons. The lowest BCUT2D eigenvalue weighted by Gasteiger charge is -2.22. The van der Waals surface area contributed by atoms with Gasteiger partial charge in [-0.1, -0.05) is 0 Å². The van der Waals surface area contributed by atoms with E-state index in [0.29, 0.717) is 0 Å². The van der Waals surface area contributed by atoms with Gasteiger partial charge in [0.2, 0.25) is 0 Å². The van der Waals surface area contributed by atoms with E-state index in [2.05, 4.69) is 19.4 Å². The lowest BCUT2D eigenvalue weighted by atomic mass is 10.1. The highest BCUT2D eigenvalue weighted by Crippen LogP contribution is 2.12. The van der Waals surface area contributed by atoms with E-state index in [1.807, 2.05) is 50.2 Å². The average Bonchev–Trinajstić information content (AvgIpc) is 2.87. The molecule has 1 saturated heterocycles. The molecule has 0 aromatic carbocycles. The van der Waals surface area contributed by atoms with Crippen molar-refractivity contribution in [2.45, 2.75) is 40.2 Å². The molecule has 0 radical (unpaired) electrons. The van der Waals surface area contributed by atoms with Crippen molar-refractivity contribution in [1.29, 1.82) is 0 Å². The summed E-state index contributed by atoms with van der Waals surface area (Å²) in [6.45, 7) is 11.6. The summed E-state index contributed by atoms with van der Waals surface area (Å²) in [5.74, 6) is 1.20. The fourth-order valence-corrected chi connectivity index (χ4v) is 3.64. The van der Waals surface area contributed by atoms with Crippen molar-refractivity contribution in [3.8, 4) is 0 Å². The van der Waals surface area contributed by atoms with Crippen LogP contribution >= 0.6 is 0 Å². The van der Waals surface area contributed by atoms with Crippen LogP contribution in [0, 0.1) is 20.8 Å². The number of hydrogen-bond donors (Lipinski definition) is 0. The third kappa shape index (κ3) is 4.69. The van der Waals surface area contributed by atoms with Crippen molar-refractivity contribution in [2.75, 3.05) is 32.7 Å². The number of rotatable bonds is 5. The molecule has 2 aromatic heterocycles. The normalized spacial score (nSPS) is 15.9. The topological polar surface area (TPSA) is 54.3 Å². The molecule has 1 fully saturated rings. The van der Waals surface area contributed by atoms with Crippen LogP contribution in [0.15, 0.2) is 24.5 Å². The lowest BCUT2D eigenvalue weighted by Crippen LogP contribution is -2.35. The first kappa shape index (κ1) is 18.6. The van der Waals surface area contributed by atoms with Gasteiger partial charge in [0.1, 0.15) is 5.82 Å². The van der Waals surface area contributed by atoms with E-state index in [9.17, 15) is 4.79 Å². The van der Waals surface area contributed by atoms with E-state index < -0.39 is 0 Å². The van der Waals surface area contributed by atoms with Crippen molar-refractivity contribution in [2.24, 2.45) is 0 Å². The molecule has 6 nitrogen and oxygen atoms in total. The standard InChI is InChI=1S/C20H29N5O/c1-16-14-19(15-17(2)22-16)20(26)25-10-5-8-23(12-13-25)7-4-9-24-11-6-21-18(24)3/h6,11,14-15H,4-5,7-10,12-13H2,1-3H3. The van der Waals surface area contributed by atoms with Crippen molar-refractivity contribution in [3.63, 3.8) is 0 Å². The first-order valence-corrected chi connectivity index (χ1v) is 9.47. The Morgan fingerprint density at radius 2 is 1.81 bits per heavy atom. The van der Waals surface area contributed by atoms with Crippen molar-refractivity contribution >= 4 is 5.91 Å². The summed E-state index contributed by atoms with van der Waals surface area (Å²) in [6, 6.07) is 3.79. The van der Waals surface area contributed by atoms with Crippen LogP contribution in [0.25, 0.3) is 0 Å². The van der Waals surface area contributed by atoms with E-state index in [1.54, 1.807) is 0 Å². The average molecular weight is 355 g/mol. The molecule has 2 aromatic rings. The monoisotopic (exact) mass is 355 g/mol. The summed E-state index contributed by atoms with van der Waals surface area (Å²) in [5, 5.41) is 0. The quantitative estimate of drug-likeness (QED) is 0.827. The summed E-state index contributed by atoms with van der Waals surface area (Å²) in [6.07, 6.45) is 6.02. The van der Waals surface area contributed by atoms with Gasteiger partial charge in [0.15, 0.2) is 0 Å². The fourth-order valence-electron chi connectivity index (χ4n) is 3.64. The minimum atomic E-state index is 0.134. The van der Waals surface area contributed by atoms with Gasteiger partial charge in [-0.05, 0) is 58.8 Å². The van der Waals surface area contributed by atoms with Crippen molar-refractivity contribution in [1.82, 2.24) is 24.3 Å². The number of amides is 1. The molecule has 0 aliphatic carbocycles. The zero-order valence-corrected chi connectivity index (χ0v) is 16.1. The molecular formula is C20H29N5O. The third-order valence-corrected chi connectivity index (χ3v) is 5.00. The zero-order valence-electron chi connectivity index (χ0n) is 16.1. The number of nitrogens with zero attached hydrogens (tertiary/aromatic N) is 5. The lowest BCUT2D eigenvalue weighted by molar-refractivity contribution is 0.0761. The molecule has 0 atom stereocenters. The highest BCUT2D eigenvalue weighted by atomic mass is 16.2. The summed E-state index contributed by atoms with van der Waals surface area (Å²) in [5.41, 5.74) is 2.57. The first-order chi connectivity index (χ1) is 12.5. The maximum absolute atomic E-state index is 12.8. The number of pyridine rings is 1. The molecule has 0 N–H and O–H groups in total. The van der Waals surface area contributed by atoms with Gasteiger partial charge in [-0.2, -0.15) is 0 Å². The van der Waals surface area contributed by atoms with Gasteiger partial charge < -0.3 is 14.4 Å². The second-order valence-electron chi connectivity index (χ2n) is 7.15. The summed E-state index contributed by atoms with van der Waals surface area (Å²) in [4.78, 5) is 25.9. The molecule has 0 spiro atoms. The second-order valence-corrected chi connectivity index (χ2v) is 7.15. The summed E-state index contributed by atoms with van der Waals surface area (Å²) < 4.78 is 2.20. The Bertz CT molecular complexity index is 734. The van der Waals surface area contributed by atoms with Gasteiger partial charge in [-0.25, -0.2) is 4.98 Å². The van der Waals surface area contributed by atoms with Crippen LogP contribution in [-0.2, 0) is 6.54 Å². The van der Waals surface area contributed by atoms with Gasteiger partial charge in [0.05, 0.1) is 0 Å².